The van der Waals surface area contributed by atoms with Crippen LogP contribution >= 0.6 is 0 Å². The standard InChI is InChI=1S/C15H23NO3/c16-14-3-1-4-15(11-14)19-8-2-7-18-12-13-5-9-17-10-6-13/h1,3-4,11,13H,2,5-10,12,16H2. The Bertz CT molecular complexity index is 364. The smallest absolute Gasteiger partial charge is 0.121 e. The third-order valence-electron chi connectivity index (χ3n) is 3.25. The second-order valence-corrected chi connectivity index (χ2v) is 4.91. The molecule has 1 aliphatic heterocycles. The van der Waals surface area contributed by atoms with E-state index in [-0.39, 0.29) is 0 Å². The summed E-state index contributed by atoms with van der Waals surface area (Å²) in [6, 6.07) is 7.50. The molecule has 0 spiro atoms. The van der Waals surface area contributed by atoms with Gasteiger partial charge in [-0.15, -0.1) is 0 Å². The molecule has 106 valence electrons. The van der Waals surface area contributed by atoms with E-state index in [1.54, 1.807) is 0 Å². The first-order valence-corrected chi connectivity index (χ1v) is 6.98. The monoisotopic (exact) mass is 265 g/mol. The van der Waals surface area contributed by atoms with Crippen molar-refractivity contribution in [2.24, 2.45) is 5.92 Å². The number of anilines is 1. The molecule has 0 atom stereocenters. The van der Waals surface area contributed by atoms with Crippen molar-refractivity contribution in [2.75, 3.05) is 38.8 Å². The molecule has 0 aliphatic carbocycles. The predicted octanol–water partition coefficient (Wildman–Crippen LogP) is 2.48. The van der Waals surface area contributed by atoms with Gasteiger partial charge in [-0.05, 0) is 30.9 Å². The molecule has 4 nitrogen and oxygen atoms in total. The Morgan fingerprint density at radius 3 is 2.84 bits per heavy atom. The maximum absolute atomic E-state index is 5.68. The SMILES string of the molecule is Nc1cccc(OCCCOCC2CCOCC2)c1. The van der Waals surface area contributed by atoms with Crippen molar-refractivity contribution in [1.29, 1.82) is 0 Å². The van der Waals surface area contributed by atoms with Crippen LogP contribution in [-0.4, -0.2) is 33.0 Å². The quantitative estimate of drug-likeness (QED) is 0.608. The van der Waals surface area contributed by atoms with Crippen molar-refractivity contribution in [1.82, 2.24) is 0 Å². The van der Waals surface area contributed by atoms with Gasteiger partial charge in [0.25, 0.3) is 0 Å². The molecule has 1 saturated heterocycles. The van der Waals surface area contributed by atoms with E-state index in [0.717, 1.165) is 57.1 Å². The fourth-order valence-electron chi connectivity index (χ4n) is 2.12. The second kappa shape index (κ2) is 8.02. The Kier molecular flexibility index (Phi) is 5.98. The Morgan fingerprint density at radius 1 is 1.21 bits per heavy atom. The fourth-order valence-corrected chi connectivity index (χ4v) is 2.12. The van der Waals surface area contributed by atoms with Gasteiger partial charge in [0, 0.05) is 44.6 Å². The number of nitrogens with two attached hydrogens (primary N) is 1. The van der Waals surface area contributed by atoms with Crippen LogP contribution in [-0.2, 0) is 9.47 Å². The highest BCUT2D eigenvalue weighted by Gasteiger charge is 2.13. The highest BCUT2D eigenvalue weighted by molar-refractivity contribution is 5.43. The van der Waals surface area contributed by atoms with Crippen molar-refractivity contribution in [3.8, 4) is 5.75 Å². The molecule has 1 aromatic carbocycles. The first kappa shape index (κ1) is 14.2. The molecule has 0 saturated carbocycles. The molecule has 0 unspecified atom stereocenters. The van der Waals surface area contributed by atoms with Crippen molar-refractivity contribution in [2.45, 2.75) is 19.3 Å². The summed E-state index contributed by atoms with van der Waals surface area (Å²) in [5.41, 5.74) is 6.41. The molecular weight excluding hydrogens is 242 g/mol. The number of hydrogen-bond donors (Lipinski definition) is 1. The van der Waals surface area contributed by atoms with E-state index in [4.69, 9.17) is 19.9 Å². The van der Waals surface area contributed by atoms with Gasteiger partial charge in [-0.3, -0.25) is 0 Å². The Labute approximate surface area is 114 Å². The van der Waals surface area contributed by atoms with Crippen LogP contribution in [0.25, 0.3) is 0 Å². The summed E-state index contributed by atoms with van der Waals surface area (Å²) in [5.74, 6) is 1.49. The minimum absolute atomic E-state index is 0.664. The van der Waals surface area contributed by atoms with Crippen LogP contribution < -0.4 is 10.5 Å². The summed E-state index contributed by atoms with van der Waals surface area (Å²) in [6.45, 7) is 4.03. The van der Waals surface area contributed by atoms with E-state index in [1.165, 1.54) is 0 Å². The van der Waals surface area contributed by atoms with Crippen molar-refractivity contribution in [3.63, 3.8) is 0 Å². The number of nitrogen functional groups attached to an aromatic ring is 1. The summed E-state index contributed by atoms with van der Waals surface area (Å²) in [4.78, 5) is 0. The summed E-state index contributed by atoms with van der Waals surface area (Å²) in [6.07, 6.45) is 3.15. The normalized spacial score (nSPS) is 16.4. The Balaban J connectivity index is 1.50. The molecule has 1 aliphatic rings. The summed E-state index contributed by atoms with van der Waals surface area (Å²) < 4.78 is 16.6. The lowest BCUT2D eigenvalue weighted by molar-refractivity contribution is 0.0183. The summed E-state index contributed by atoms with van der Waals surface area (Å²) in [5, 5.41) is 0. The van der Waals surface area contributed by atoms with E-state index in [2.05, 4.69) is 0 Å². The van der Waals surface area contributed by atoms with Crippen molar-refractivity contribution in [3.05, 3.63) is 24.3 Å². The van der Waals surface area contributed by atoms with Crippen molar-refractivity contribution >= 4 is 5.69 Å². The van der Waals surface area contributed by atoms with E-state index >= 15 is 0 Å². The molecule has 0 aromatic heterocycles. The third-order valence-corrected chi connectivity index (χ3v) is 3.25. The molecule has 1 aromatic rings. The molecule has 0 bridgehead atoms. The molecule has 4 heteroatoms. The van der Waals surface area contributed by atoms with E-state index in [9.17, 15) is 0 Å². The van der Waals surface area contributed by atoms with Gasteiger partial charge < -0.3 is 19.9 Å². The number of hydrogen-bond acceptors (Lipinski definition) is 4. The zero-order valence-electron chi connectivity index (χ0n) is 11.3. The van der Waals surface area contributed by atoms with Crippen LogP contribution in [0.4, 0.5) is 5.69 Å². The van der Waals surface area contributed by atoms with Gasteiger partial charge in [0.1, 0.15) is 5.75 Å². The molecular formula is C15H23NO3. The summed E-state index contributed by atoms with van der Waals surface area (Å²) in [7, 11) is 0. The van der Waals surface area contributed by atoms with Crippen LogP contribution in [0.2, 0.25) is 0 Å². The molecule has 2 rings (SSSR count). The molecule has 1 fully saturated rings. The molecule has 19 heavy (non-hydrogen) atoms. The first-order valence-electron chi connectivity index (χ1n) is 6.98. The van der Waals surface area contributed by atoms with Crippen LogP contribution in [0.5, 0.6) is 5.75 Å². The van der Waals surface area contributed by atoms with Gasteiger partial charge in [0.2, 0.25) is 0 Å². The Hall–Kier alpha value is -1.26. The fraction of sp³-hybridized carbons (Fsp3) is 0.600. The van der Waals surface area contributed by atoms with Crippen LogP contribution in [0, 0.1) is 5.92 Å². The number of rotatable bonds is 7. The zero-order valence-corrected chi connectivity index (χ0v) is 11.3. The van der Waals surface area contributed by atoms with E-state index in [1.807, 2.05) is 24.3 Å². The van der Waals surface area contributed by atoms with Gasteiger partial charge in [-0.25, -0.2) is 0 Å². The first-order chi connectivity index (χ1) is 9.34. The summed E-state index contributed by atoms with van der Waals surface area (Å²) >= 11 is 0. The lowest BCUT2D eigenvalue weighted by Gasteiger charge is -2.21. The number of ether oxygens (including phenoxy) is 3. The van der Waals surface area contributed by atoms with E-state index < -0.39 is 0 Å². The zero-order chi connectivity index (χ0) is 13.3. The molecule has 0 radical (unpaired) electrons. The van der Waals surface area contributed by atoms with Gasteiger partial charge in [-0.2, -0.15) is 0 Å². The van der Waals surface area contributed by atoms with Gasteiger partial charge in [-0.1, -0.05) is 6.07 Å². The topological polar surface area (TPSA) is 53.7 Å². The molecule has 1 heterocycles. The van der Waals surface area contributed by atoms with Gasteiger partial charge in [0.15, 0.2) is 0 Å². The molecule has 0 amide bonds. The average Bonchev–Trinajstić information content (AvgIpc) is 2.44. The second-order valence-electron chi connectivity index (χ2n) is 4.91. The maximum Gasteiger partial charge on any atom is 0.121 e. The maximum atomic E-state index is 5.68. The lowest BCUT2D eigenvalue weighted by Crippen LogP contribution is -2.20. The number of benzene rings is 1. The average molecular weight is 265 g/mol. The largest absolute Gasteiger partial charge is 0.493 e. The lowest BCUT2D eigenvalue weighted by atomic mass is 10.0. The minimum Gasteiger partial charge on any atom is -0.493 e. The van der Waals surface area contributed by atoms with Crippen LogP contribution in [0.3, 0.4) is 0 Å². The minimum atomic E-state index is 0.664. The van der Waals surface area contributed by atoms with Crippen LogP contribution in [0.15, 0.2) is 24.3 Å². The Morgan fingerprint density at radius 2 is 2.05 bits per heavy atom. The van der Waals surface area contributed by atoms with Crippen molar-refractivity contribution < 1.29 is 14.2 Å². The van der Waals surface area contributed by atoms with Gasteiger partial charge in [0.05, 0.1) is 6.61 Å². The third kappa shape index (κ3) is 5.49. The van der Waals surface area contributed by atoms with Gasteiger partial charge >= 0.3 is 0 Å². The van der Waals surface area contributed by atoms with Crippen LogP contribution in [0.1, 0.15) is 19.3 Å². The highest BCUT2D eigenvalue weighted by atomic mass is 16.5. The predicted molar refractivity (Wildman–Crippen MR) is 75.3 cm³/mol. The molecule has 2 N–H and O–H groups in total. The van der Waals surface area contributed by atoms with E-state index in [0.29, 0.717) is 12.5 Å². The highest BCUT2D eigenvalue weighted by Crippen LogP contribution is 2.15.